The fraction of sp³-hybridized carbons (Fsp3) is 0.333. The molecule has 1 N–H and O–H groups in total. The second kappa shape index (κ2) is 10.3. The Morgan fingerprint density at radius 2 is 1.97 bits per heavy atom. The molecule has 7 nitrogen and oxygen atoms in total. The summed E-state index contributed by atoms with van der Waals surface area (Å²) < 4.78 is 16.9. The van der Waals surface area contributed by atoms with E-state index < -0.39 is 12.6 Å². The molecule has 1 saturated heterocycles. The van der Waals surface area contributed by atoms with Crippen LogP contribution in [-0.2, 0) is 9.53 Å². The van der Waals surface area contributed by atoms with Crippen molar-refractivity contribution in [3.05, 3.63) is 46.4 Å². The molecule has 2 aromatic carbocycles. The van der Waals surface area contributed by atoms with E-state index in [9.17, 15) is 4.79 Å². The first kappa shape index (κ1) is 21.1. The Balaban J connectivity index is 1.74. The molecular weight excluding hydrogens is 440 g/mol. The summed E-state index contributed by atoms with van der Waals surface area (Å²) in [6, 6.07) is 11.7. The van der Waals surface area contributed by atoms with E-state index in [4.69, 9.17) is 19.3 Å². The van der Waals surface area contributed by atoms with Gasteiger partial charge in [0.25, 0.3) is 0 Å². The van der Waals surface area contributed by atoms with Crippen LogP contribution >= 0.6 is 15.9 Å². The van der Waals surface area contributed by atoms with Gasteiger partial charge in [-0.1, -0.05) is 0 Å². The molecule has 8 heteroatoms. The Kier molecular flexibility index (Phi) is 7.48. The summed E-state index contributed by atoms with van der Waals surface area (Å²) in [6.07, 6.45) is 1.73. The molecule has 0 atom stereocenters. The van der Waals surface area contributed by atoms with Crippen molar-refractivity contribution >= 4 is 39.5 Å². The number of anilines is 1. The number of aliphatic imine (C=N–C) groups is 1. The zero-order valence-electron chi connectivity index (χ0n) is 16.1. The maximum absolute atomic E-state index is 10.8. The Labute approximate surface area is 178 Å². The average Bonchev–Trinajstić information content (AvgIpc) is 2.73. The molecule has 0 radical (unpaired) electrons. The summed E-state index contributed by atoms with van der Waals surface area (Å²) >= 11 is 3.42. The van der Waals surface area contributed by atoms with Crippen molar-refractivity contribution in [1.29, 1.82) is 0 Å². The molecule has 0 saturated carbocycles. The lowest BCUT2D eigenvalue weighted by Gasteiger charge is -2.28. The van der Waals surface area contributed by atoms with Crippen molar-refractivity contribution in [3.63, 3.8) is 0 Å². The average molecular weight is 463 g/mol. The van der Waals surface area contributed by atoms with E-state index in [2.05, 4.69) is 38.0 Å². The molecule has 0 aliphatic carbocycles. The molecule has 0 bridgehead atoms. The highest BCUT2D eigenvalue weighted by Crippen LogP contribution is 2.36. The number of rotatable bonds is 8. The lowest BCUT2D eigenvalue weighted by Crippen LogP contribution is -2.36. The van der Waals surface area contributed by atoms with E-state index in [0.29, 0.717) is 22.6 Å². The molecule has 0 aromatic heterocycles. The minimum Gasteiger partial charge on any atom is -0.490 e. The molecule has 1 aliphatic rings. The van der Waals surface area contributed by atoms with Crippen LogP contribution in [0.4, 0.5) is 11.4 Å². The molecule has 3 rings (SSSR count). The van der Waals surface area contributed by atoms with Gasteiger partial charge >= 0.3 is 5.97 Å². The van der Waals surface area contributed by atoms with E-state index >= 15 is 0 Å². The van der Waals surface area contributed by atoms with Gasteiger partial charge in [0, 0.05) is 25.0 Å². The Hall–Kier alpha value is -2.58. The first-order valence-corrected chi connectivity index (χ1v) is 10.1. The molecule has 0 unspecified atom stereocenters. The van der Waals surface area contributed by atoms with Crippen LogP contribution in [-0.4, -0.2) is 56.8 Å². The number of carbonyl (C=O) groups is 1. The van der Waals surface area contributed by atoms with Crippen LogP contribution in [0.25, 0.3) is 0 Å². The van der Waals surface area contributed by atoms with Gasteiger partial charge in [-0.25, -0.2) is 4.79 Å². The second-order valence-electron chi connectivity index (χ2n) is 6.32. The van der Waals surface area contributed by atoms with Crippen molar-refractivity contribution in [1.82, 2.24) is 0 Å². The number of hydrogen-bond acceptors (Lipinski definition) is 6. The number of halogens is 1. The first-order chi connectivity index (χ1) is 14.1. The van der Waals surface area contributed by atoms with Gasteiger partial charge in [-0.3, -0.25) is 4.99 Å². The number of carboxylic acid groups (broad SMARTS) is 1. The Morgan fingerprint density at radius 3 is 2.62 bits per heavy atom. The van der Waals surface area contributed by atoms with E-state index in [1.54, 1.807) is 12.3 Å². The SMILES string of the molecule is CCOc1cc(C=Nc2ccc(N3CCOCC3)cc2)cc(Br)c1OCC(=O)O. The number of morpholine rings is 1. The van der Waals surface area contributed by atoms with Crippen LogP contribution in [0.1, 0.15) is 12.5 Å². The molecular formula is C21H23BrN2O5. The zero-order valence-corrected chi connectivity index (χ0v) is 17.7. The van der Waals surface area contributed by atoms with Crippen LogP contribution in [0.5, 0.6) is 11.5 Å². The van der Waals surface area contributed by atoms with Crippen molar-refractivity contribution in [2.24, 2.45) is 4.99 Å². The minimum atomic E-state index is -1.05. The van der Waals surface area contributed by atoms with Crippen molar-refractivity contribution in [2.75, 3.05) is 44.4 Å². The third-order valence-corrected chi connectivity index (χ3v) is 4.85. The highest BCUT2D eigenvalue weighted by molar-refractivity contribution is 9.10. The van der Waals surface area contributed by atoms with Gasteiger partial charge < -0.3 is 24.2 Å². The van der Waals surface area contributed by atoms with E-state index in [1.807, 2.05) is 25.1 Å². The normalized spacial score (nSPS) is 14.2. The first-order valence-electron chi connectivity index (χ1n) is 9.34. The van der Waals surface area contributed by atoms with Crippen molar-refractivity contribution in [3.8, 4) is 11.5 Å². The van der Waals surface area contributed by atoms with Crippen LogP contribution in [0.15, 0.2) is 45.9 Å². The standard InChI is InChI=1S/C21H23BrN2O5/c1-2-28-19-12-15(11-18(22)21(19)29-14-20(25)26)13-23-16-3-5-17(6-4-16)24-7-9-27-10-8-24/h3-6,11-13H,2,7-10,14H2,1H3,(H,25,26). The summed E-state index contributed by atoms with van der Waals surface area (Å²) in [5.74, 6) is -0.223. The molecule has 29 heavy (non-hydrogen) atoms. The van der Waals surface area contributed by atoms with E-state index in [-0.39, 0.29) is 0 Å². The molecule has 1 fully saturated rings. The number of carboxylic acids is 1. The predicted molar refractivity (Wildman–Crippen MR) is 115 cm³/mol. The summed E-state index contributed by atoms with van der Waals surface area (Å²) in [5.41, 5.74) is 2.80. The largest absolute Gasteiger partial charge is 0.490 e. The van der Waals surface area contributed by atoms with E-state index in [0.717, 1.165) is 43.2 Å². The summed E-state index contributed by atoms with van der Waals surface area (Å²) in [4.78, 5) is 17.6. The quantitative estimate of drug-likeness (QED) is 0.599. The summed E-state index contributed by atoms with van der Waals surface area (Å²) in [6.45, 7) is 5.14. The molecule has 2 aromatic rings. The third-order valence-electron chi connectivity index (χ3n) is 4.26. The lowest BCUT2D eigenvalue weighted by molar-refractivity contribution is -0.139. The Morgan fingerprint density at radius 1 is 1.24 bits per heavy atom. The predicted octanol–water partition coefficient (Wildman–Crippen LogP) is 3.90. The third kappa shape index (κ3) is 5.95. The minimum absolute atomic E-state index is 0.362. The van der Waals surface area contributed by atoms with Gasteiger partial charge in [0.2, 0.25) is 0 Å². The smallest absolute Gasteiger partial charge is 0.341 e. The number of aliphatic carboxylic acids is 1. The molecule has 1 heterocycles. The number of benzene rings is 2. The highest BCUT2D eigenvalue weighted by atomic mass is 79.9. The highest BCUT2D eigenvalue weighted by Gasteiger charge is 2.13. The zero-order chi connectivity index (χ0) is 20.6. The van der Waals surface area contributed by atoms with Crippen LogP contribution < -0.4 is 14.4 Å². The molecule has 0 spiro atoms. The summed E-state index contributed by atoms with van der Waals surface area (Å²) in [7, 11) is 0. The molecule has 1 aliphatic heterocycles. The lowest BCUT2D eigenvalue weighted by atomic mass is 10.2. The van der Waals surface area contributed by atoms with Crippen LogP contribution in [0, 0.1) is 0 Å². The van der Waals surface area contributed by atoms with Gasteiger partial charge in [0.1, 0.15) is 0 Å². The van der Waals surface area contributed by atoms with Crippen LogP contribution in [0.3, 0.4) is 0 Å². The van der Waals surface area contributed by atoms with Gasteiger partial charge in [0.05, 0.1) is 30.0 Å². The maximum atomic E-state index is 10.8. The van der Waals surface area contributed by atoms with Crippen molar-refractivity contribution < 1.29 is 24.1 Å². The second-order valence-corrected chi connectivity index (χ2v) is 7.17. The monoisotopic (exact) mass is 462 g/mol. The van der Waals surface area contributed by atoms with Crippen LogP contribution in [0.2, 0.25) is 0 Å². The topological polar surface area (TPSA) is 80.6 Å². The summed E-state index contributed by atoms with van der Waals surface area (Å²) in [5, 5.41) is 8.84. The van der Waals surface area contributed by atoms with Gasteiger partial charge in [-0.05, 0) is 64.8 Å². The Bertz CT molecular complexity index is 864. The van der Waals surface area contributed by atoms with E-state index in [1.165, 1.54) is 0 Å². The fourth-order valence-electron chi connectivity index (χ4n) is 2.92. The number of hydrogen-bond donors (Lipinski definition) is 1. The fourth-order valence-corrected chi connectivity index (χ4v) is 3.49. The molecule has 0 amide bonds. The number of ether oxygens (including phenoxy) is 3. The molecule has 154 valence electrons. The van der Waals surface area contributed by atoms with Gasteiger partial charge in [-0.2, -0.15) is 0 Å². The van der Waals surface area contributed by atoms with Crippen molar-refractivity contribution in [2.45, 2.75) is 6.92 Å². The van der Waals surface area contributed by atoms with Gasteiger partial charge in [-0.15, -0.1) is 0 Å². The number of nitrogens with zero attached hydrogens (tertiary/aromatic N) is 2. The van der Waals surface area contributed by atoms with Gasteiger partial charge in [0.15, 0.2) is 18.1 Å². The maximum Gasteiger partial charge on any atom is 0.341 e.